The monoisotopic (exact) mass is 337 g/mol. The molecule has 1 aromatic carbocycles. The minimum atomic E-state index is -0.459. The maximum Gasteiger partial charge on any atom is 0.168 e. The lowest BCUT2D eigenvalue weighted by Gasteiger charge is -2.27. The molecule has 7 nitrogen and oxygen atoms in total. The molecule has 5 rings (SSSR count). The average Bonchev–Trinajstić information content (AvgIpc) is 3.26. The maximum atomic E-state index is 10.2. The molecule has 0 unspecified atom stereocenters. The summed E-state index contributed by atoms with van der Waals surface area (Å²) in [6, 6.07) is 6.28. The van der Waals surface area contributed by atoms with Gasteiger partial charge >= 0.3 is 0 Å². The number of ether oxygens (including phenoxy) is 1. The van der Waals surface area contributed by atoms with Crippen LogP contribution in [0.1, 0.15) is 11.1 Å². The van der Waals surface area contributed by atoms with E-state index in [1.54, 1.807) is 6.33 Å². The smallest absolute Gasteiger partial charge is 0.168 e. The lowest BCUT2D eigenvalue weighted by molar-refractivity contribution is 0.0549. The second kappa shape index (κ2) is 5.24. The van der Waals surface area contributed by atoms with Gasteiger partial charge in [0, 0.05) is 6.54 Å². The van der Waals surface area contributed by atoms with Crippen molar-refractivity contribution in [2.24, 2.45) is 0 Å². The van der Waals surface area contributed by atoms with Gasteiger partial charge in [0.25, 0.3) is 0 Å². The molecule has 0 aliphatic carbocycles. The second-order valence-electron chi connectivity index (χ2n) is 6.92. The Morgan fingerprint density at radius 1 is 1.16 bits per heavy atom. The van der Waals surface area contributed by atoms with Crippen LogP contribution in [0.5, 0.6) is 0 Å². The van der Waals surface area contributed by atoms with E-state index < -0.39 is 6.10 Å². The first-order chi connectivity index (χ1) is 12.1. The van der Waals surface area contributed by atoms with E-state index in [2.05, 4.69) is 52.0 Å². The van der Waals surface area contributed by atoms with Crippen molar-refractivity contribution in [2.75, 3.05) is 18.1 Å². The van der Waals surface area contributed by atoms with Gasteiger partial charge in [0.05, 0.1) is 29.9 Å². The molecule has 0 saturated carbocycles. The highest BCUT2D eigenvalue weighted by molar-refractivity contribution is 5.88. The maximum absolute atomic E-state index is 10.2. The van der Waals surface area contributed by atoms with E-state index in [4.69, 9.17) is 4.74 Å². The molecule has 0 spiro atoms. The van der Waals surface area contributed by atoms with Crippen molar-refractivity contribution in [1.82, 2.24) is 19.7 Å². The minimum Gasteiger partial charge on any atom is -0.388 e. The number of anilines is 1. The third-order valence-electron chi connectivity index (χ3n) is 5.10. The van der Waals surface area contributed by atoms with Crippen LogP contribution in [-0.4, -0.2) is 56.3 Å². The number of benzene rings is 1. The van der Waals surface area contributed by atoms with Gasteiger partial charge < -0.3 is 14.7 Å². The molecule has 25 heavy (non-hydrogen) atoms. The Labute approximate surface area is 144 Å². The normalized spacial score (nSPS) is 25.2. The van der Waals surface area contributed by atoms with Crippen molar-refractivity contribution < 1.29 is 9.84 Å². The van der Waals surface area contributed by atoms with Crippen LogP contribution < -0.4 is 4.90 Å². The highest BCUT2D eigenvalue weighted by atomic mass is 16.5. The van der Waals surface area contributed by atoms with E-state index in [0.717, 1.165) is 22.5 Å². The summed E-state index contributed by atoms with van der Waals surface area (Å²) >= 11 is 0. The Morgan fingerprint density at radius 2 is 1.96 bits per heavy atom. The van der Waals surface area contributed by atoms with E-state index in [9.17, 15) is 5.11 Å². The van der Waals surface area contributed by atoms with Crippen LogP contribution in [0.15, 0.2) is 30.7 Å². The molecule has 2 aliphatic rings. The molecule has 4 heterocycles. The number of morpholine rings is 1. The Balaban J connectivity index is 1.63. The van der Waals surface area contributed by atoms with Crippen molar-refractivity contribution in [3.63, 3.8) is 0 Å². The van der Waals surface area contributed by atoms with Crippen molar-refractivity contribution >= 4 is 16.9 Å². The van der Waals surface area contributed by atoms with Crippen LogP contribution in [0.25, 0.3) is 16.7 Å². The number of hydrogen-bond donors (Lipinski definition) is 1. The molecule has 3 aromatic rings. The highest BCUT2D eigenvalue weighted by Crippen LogP contribution is 2.35. The van der Waals surface area contributed by atoms with Crippen molar-refractivity contribution in [1.29, 1.82) is 0 Å². The first-order valence-corrected chi connectivity index (χ1v) is 8.45. The SMILES string of the molecule is Cc1cc(C)cc(-n2ncc3c(N4C[C@H]5OC[C@@H]4[C@@H]5O)ncnc32)c1. The number of aromatic nitrogens is 4. The predicted molar refractivity (Wildman–Crippen MR) is 93.0 cm³/mol. The molecular formula is C18H19N5O2. The van der Waals surface area contributed by atoms with Gasteiger partial charge in [-0.3, -0.25) is 0 Å². The summed E-state index contributed by atoms with van der Waals surface area (Å²) in [4.78, 5) is 11.1. The molecule has 7 heteroatoms. The Morgan fingerprint density at radius 3 is 2.64 bits per heavy atom. The number of fused-ring (bicyclic) bond motifs is 3. The zero-order chi connectivity index (χ0) is 17.1. The summed E-state index contributed by atoms with van der Waals surface area (Å²) in [5, 5.41) is 15.7. The summed E-state index contributed by atoms with van der Waals surface area (Å²) < 4.78 is 7.42. The minimum absolute atomic E-state index is 0.0485. The van der Waals surface area contributed by atoms with Crippen molar-refractivity contribution in [3.05, 3.63) is 41.9 Å². The first kappa shape index (κ1) is 14.8. The van der Waals surface area contributed by atoms with E-state index >= 15 is 0 Å². The average molecular weight is 337 g/mol. The first-order valence-electron chi connectivity index (χ1n) is 8.45. The van der Waals surface area contributed by atoms with Gasteiger partial charge in [-0.1, -0.05) is 6.07 Å². The topological polar surface area (TPSA) is 76.3 Å². The molecule has 2 bridgehead atoms. The van der Waals surface area contributed by atoms with E-state index in [1.165, 1.54) is 11.1 Å². The van der Waals surface area contributed by atoms with Gasteiger partial charge in [-0.15, -0.1) is 0 Å². The van der Waals surface area contributed by atoms with Crippen LogP contribution in [-0.2, 0) is 4.74 Å². The quantitative estimate of drug-likeness (QED) is 0.761. The van der Waals surface area contributed by atoms with Crippen molar-refractivity contribution in [2.45, 2.75) is 32.1 Å². The molecule has 3 atom stereocenters. The van der Waals surface area contributed by atoms with Gasteiger partial charge in [0.1, 0.15) is 24.4 Å². The second-order valence-corrected chi connectivity index (χ2v) is 6.92. The Kier molecular flexibility index (Phi) is 3.10. The molecule has 0 radical (unpaired) electrons. The van der Waals surface area contributed by atoms with Crippen LogP contribution in [0.3, 0.4) is 0 Å². The standard InChI is InChI=1S/C18H19N5O2/c1-10-3-11(2)5-12(4-10)23-18-13(6-21-23)17(19-9-20-18)22-7-15-16(24)14(22)8-25-15/h3-6,9,14-16,24H,7-8H2,1-2H3/t14-,15-,16+/m1/s1. The molecule has 0 amide bonds. The molecule has 1 N–H and O–H groups in total. The molecule has 2 aliphatic heterocycles. The van der Waals surface area contributed by atoms with Gasteiger partial charge in [-0.2, -0.15) is 5.10 Å². The fourth-order valence-corrected chi connectivity index (χ4v) is 4.00. The molecule has 128 valence electrons. The van der Waals surface area contributed by atoms with Crippen LogP contribution in [0, 0.1) is 13.8 Å². The summed E-state index contributed by atoms with van der Waals surface area (Å²) in [5.74, 6) is 0.815. The van der Waals surface area contributed by atoms with Crippen LogP contribution in [0.2, 0.25) is 0 Å². The lowest BCUT2D eigenvalue weighted by atomic mass is 10.1. The fraction of sp³-hybridized carbons (Fsp3) is 0.389. The van der Waals surface area contributed by atoms with Crippen molar-refractivity contribution in [3.8, 4) is 5.69 Å². The molecular weight excluding hydrogens is 318 g/mol. The number of aryl methyl sites for hydroxylation is 2. The highest BCUT2D eigenvalue weighted by Gasteiger charge is 2.48. The van der Waals surface area contributed by atoms with Crippen LogP contribution >= 0.6 is 0 Å². The molecule has 2 fully saturated rings. The molecule has 2 saturated heterocycles. The van der Waals surface area contributed by atoms with Gasteiger partial charge in [-0.05, 0) is 37.1 Å². The number of rotatable bonds is 2. The van der Waals surface area contributed by atoms with Gasteiger partial charge in [-0.25, -0.2) is 14.6 Å². The fourth-order valence-electron chi connectivity index (χ4n) is 4.00. The summed E-state index contributed by atoms with van der Waals surface area (Å²) in [7, 11) is 0. The van der Waals surface area contributed by atoms with Gasteiger partial charge in [0.2, 0.25) is 0 Å². The van der Waals surface area contributed by atoms with Gasteiger partial charge in [0.15, 0.2) is 5.65 Å². The Bertz CT molecular complexity index is 949. The third-order valence-corrected chi connectivity index (χ3v) is 5.10. The summed E-state index contributed by atoms with van der Waals surface area (Å²) in [6.45, 7) is 5.32. The number of hydrogen-bond acceptors (Lipinski definition) is 6. The largest absolute Gasteiger partial charge is 0.388 e. The zero-order valence-corrected chi connectivity index (χ0v) is 14.1. The third kappa shape index (κ3) is 2.16. The number of aliphatic hydroxyl groups excluding tert-OH is 1. The predicted octanol–water partition coefficient (Wildman–Crippen LogP) is 1.38. The Hall–Kier alpha value is -2.51. The summed E-state index contributed by atoms with van der Waals surface area (Å²) in [5.41, 5.74) is 4.13. The van der Waals surface area contributed by atoms with Crippen LogP contribution in [0.4, 0.5) is 5.82 Å². The van der Waals surface area contributed by atoms with E-state index in [-0.39, 0.29) is 12.1 Å². The summed E-state index contributed by atoms with van der Waals surface area (Å²) in [6.07, 6.45) is 2.78. The number of nitrogens with zero attached hydrogens (tertiary/aromatic N) is 5. The number of aliphatic hydroxyl groups is 1. The van der Waals surface area contributed by atoms with E-state index in [1.807, 2.05) is 10.9 Å². The molecule has 2 aromatic heterocycles. The lowest BCUT2D eigenvalue weighted by Crippen LogP contribution is -2.38. The zero-order valence-electron chi connectivity index (χ0n) is 14.1. The van der Waals surface area contributed by atoms with E-state index in [0.29, 0.717) is 13.2 Å².